The predicted molar refractivity (Wildman–Crippen MR) is 32.4 cm³/mol. The van der Waals surface area contributed by atoms with E-state index in [1.807, 2.05) is 0 Å². The van der Waals surface area contributed by atoms with Crippen molar-refractivity contribution in [3.8, 4) is 0 Å². The summed E-state index contributed by atoms with van der Waals surface area (Å²) in [4.78, 5) is 20.5. The van der Waals surface area contributed by atoms with Crippen molar-refractivity contribution in [1.82, 2.24) is 15.0 Å². The van der Waals surface area contributed by atoms with Crippen molar-refractivity contribution in [1.29, 1.82) is 0 Å². The molecule has 0 saturated heterocycles. The summed E-state index contributed by atoms with van der Waals surface area (Å²) in [6.45, 7) is 0. The lowest BCUT2D eigenvalue weighted by atomic mass is 10.3. The molecule has 1 rings (SSSR count). The highest BCUT2D eigenvalue weighted by Crippen LogP contribution is 2.03. The second-order valence-corrected chi connectivity index (χ2v) is 1.74. The van der Waals surface area contributed by atoms with Gasteiger partial charge in [-0.15, -0.1) is 0 Å². The van der Waals surface area contributed by atoms with E-state index < -0.39 is 12.1 Å². The molecular formula is C5H5N3O3. The van der Waals surface area contributed by atoms with Crippen molar-refractivity contribution < 1.29 is 15.0 Å². The molecule has 0 aliphatic heterocycles. The third kappa shape index (κ3) is 1.68. The van der Waals surface area contributed by atoms with Gasteiger partial charge >= 0.3 is 5.97 Å². The molecule has 0 aromatic carbocycles. The van der Waals surface area contributed by atoms with E-state index >= 15 is 0 Å². The van der Waals surface area contributed by atoms with Gasteiger partial charge in [-0.1, -0.05) is 0 Å². The zero-order chi connectivity index (χ0) is 8.27. The van der Waals surface area contributed by atoms with E-state index in [-0.39, 0.29) is 5.82 Å². The van der Waals surface area contributed by atoms with Crippen LogP contribution in [0.1, 0.15) is 11.9 Å². The summed E-state index contributed by atoms with van der Waals surface area (Å²) in [5.41, 5.74) is 0. The van der Waals surface area contributed by atoms with Crippen LogP contribution in [-0.2, 0) is 4.79 Å². The van der Waals surface area contributed by atoms with E-state index in [4.69, 9.17) is 10.2 Å². The number of aliphatic hydroxyl groups excluding tert-OH is 1. The molecule has 6 heteroatoms. The lowest BCUT2D eigenvalue weighted by Crippen LogP contribution is -2.13. The summed E-state index contributed by atoms with van der Waals surface area (Å²) in [6, 6.07) is 0. The number of aliphatic carboxylic acids is 1. The van der Waals surface area contributed by atoms with Crippen LogP contribution in [0.25, 0.3) is 0 Å². The smallest absolute Gasteiger partial charge is 0.340 e. The highest BCUT2D eigenvalue weighted by molar-refractivity contribution is 5.72. The van der Waals surface area contributed by atoms with Crippen LogP contribution in [0.2, 0.25) is 0 Å². The molecule has 0 fully saturated rings. The molecule has 0 aliphatic carbocycles. The van der Waals surface area contributed by atoms with Crippen molar-refractivity contribution in [3.63, 3.8) is 0 Å². The van der Waals surface area contributed by atoms with Gasteiger partial charge in [0.2, 0.25) is 6.10 Å². The number of carboxylic acid groups (broad SMARTS) is 1. The molecule has 0 saturated carbocycles. The van der Waals surface area contributed by atoms with Crippen LogP contribution in [0.15, 0.2) is 12.7 Å². The first-order chi connectivity index (χ1) is 5.22. The lowest BCUT2D eigenvalue weighted by molar-refractivity contribution is -0.147. The number of carboxylic acids is 1. The monoisotopic (exact) mass is 155 g/mol. The van der Waals surface area contributed by atoms with Gasteiger partial charge in [-0.2, -0.15) is 0 Å². The Morgan fingerprint density at radius 3 is 2.45 bits per heavy atom. The maximum absolute atomic E-state index is 10.1. The van der Waals surface area contributed by atoms with E-state index in [1.165, 1.54) is 0 Å². The van der Waals surface area contributed by atoms with Crippen LogP contribution >= 0.6 is 0 Å². The number of carbonyl (C=O) groups is 1. The van der Waals surface area contributed by atoms with E-state index in [1.54, 1.807) is 0 Å². The van der Waals surface area contributed by atoms with Crippen LogP contribution in [0.5, 0.6) is 0 Å². The van der Waals surface area contributed by atoms with E-state index in [9.17, 15) is 4.79 Å². The Labute approximate surface area is 61.6 Å². The molecular weight excluding hydrogens is 150 g/mol. The van der Waals surface area contributed by atoms with Gasteiger partial charge in [0.25, 0.3) is 0 Å². The number of aliphatic hydroxyl groups is 1. The van der Waals surface area contributed by atoms with Crippen molar-refractivity contribution >= 4 is 5.97 Å². The van der Waals surface area contributed by atoms with Gasteiger partial charge in [-0.3, -0.25) is 0 Å². The van der Waals surface area contributed by atoms with Crippen LogP contribution in [0.4, 0.5) is 0 Å². The van der Waals surface area contributed by atoms with Gasteiger partial charge in [0.1, 0.15) is 12.7 Å². The average Bonchev–Trinajstić information content (AvgIpc) is 2.05. The first-order valence-electron chi connectivity index (χ1n) is 2.74. The van der Waals surface area contributed by atoms with Gasteiger partial charge in [0.05, 0.1) is 0 Å². The SMILES string of the molecule is O=C(O)C(O)c1ncncn1. The molecule has 1 atom stereocenters. The molecule has 0 aliphatic rings. The minimum absolute atomic E-state index is 0.160. The fourth-order valence-corrected chi connectivity index (χ4v) is 0.500. The van der Waals surface area contributed by atoms with Crippen molar-refractivity contribution in [2.45, 2.75) is 6.10 Å². The van der Waals surface area contributed by atoms with Crippen LogP contribution in [0.3, 0.4) is 0 Å². The number of hydrogen-bond acceptors (Lipinski definition) is 5. The minimum atomic E-state index is -1.67. The minimum Gasteiger partial charge on any atom is -0.479 e. The zero-order valence-corrected chi connectivity index (χ0v) is 5.38. The molecule has 58 valence electrons. The maximum Gasteiger partial charge on any atom is 0.340 e. The summed E-state index contributed by atoms with van der Waals surface area (Å²) >= 11 is 0. The van der Waals surface area contributed by atoms with Crippen molar-refractivity contribution in [2.24, 2.45) is 0 Å². The van der Waals surface area contributed by atoms with Gasteiger partial charge in [0.15, 0.2) is 5.82 Å². The van der Waals surface area contributed by atoms with Crippen molar-refractivity contribution in [3.05, 3.63) is 18.5 Å². The third-order valence-electron chi connectivity index (χ3n) is 0.992. The van der Waals surface area contributed by atoms with Gasteiger partial charge in [-0.25, -0.2) is 19.7 Å². The maximum atomic E-state index is 10.1. The fourth-order valence-electron chi connectivity index (χ4n) is 0.500. The summed E-state index contributed by atoms with van der Waals surface area (Å²) in [7, 11) is 0. The second kappa shape index (κ2) is 3.02. The zero-order valence-electron chi connectivity index (χ0n) is 5.38. The Morgan fingerprint density at radius 1 is 1.45 bits per heavy atom. The Morgan fingerprint density at radius 2 is 2.00 bits per heavy atom. The van der Waals surface area contributed by atoms with Crippen LogP contribution in [-0.4, -0.2) is 31.1 Å². The molecule has 2 N–H and O–H groups in total. The lowest BCUT2D eigenvalue weighted by Gasteiger charge is -2.00. The molecule has 1 heterocycles. The first-order valence-corrected chi connectivity index (χ1v) is 2.74. The molecule has 0 amide bonds. The molecule has 6 nitrogen and oxygen atoms in total. The second-order valence-electron chi connectivity index (χ2n) is 1.74. The Kier molecular flexibility index (Phi) is 2.07. The molecule has 0 bridgehead atoms. The number of rotatable bonds is 2. The molecule has 1 unspecified atom stereocenters. The van der Waals surface area contributed by atoms with E-state index in [2.05, 4.69) is 15.0 Å². The predicted octanol–water partition coefficient (Wildman–Crippen LogP) is -1.01. The summed E-state index contributed by atoms with van der Waals surface area (Å²) in [5.74, 6) is -1.54. The average molecular weight is 155 g/mol. The number of hydrogen-bond donors (Lipinski definition) is 2. The standard InChI is InChI=1S/C5H5N3O3/c9-3(5(10)11)4-7-1-6-2-8-4/h1-3,9H,(H,10,11). The Balaban J connectivity index is 2.85. The quantitative estimate of drug-likeness (QED) is 0.568. The van der Waals surface area contributed by atoms with Gasteiger partial charge in [-0.05, 0) is 0 Å². The number of aromatic nitrogens is 3. The van der Waals surface area contributed by atoms with Crippen LogP contribution in [0, 0.1) is 0 Å². The molecule has 0 radical (unpaired) electrons. The van der Waals surface area contributed by atoms with Crippen molar-refractivity contribution in [2.75, 3.05) is 0 Å². The molecule has 0 spiro atoms. The third-order valence-corrected chi connectivity index (χ3v) is 0.992. The Hall–Kier alpha value is -1.56. The van der Waals surface area contributed by atoms with Gasteiger partial charge in [0, 0.05) is 0 Å². The largest absolute Gasteiger partial charge is 0.479 e. The summed E-state index contributed by atoms with van der Waals surface area (Å²) < 4.78 is 0. The highest BCUT2D eigenvalue weighted by Gasteiger charge is 2.17. The normalized spacial score (nSPS) is 12.5. The fraction of sp³-hybridized carbons (Fsp3) is 0.200. The number of nitrogens with zero attached hydrogens (tertiary/aromatic N) is 3. The van der Waals surface area contributed by atoms with Gasteiger partial charge < -0.3 is 10.2 Å². The topological polar surface area (TPSA) is 96.2 Å². The van der Waals surface area contributed by atoms with Crippen LogP contribution < -0.4 is 0 Å². The Bertz CT molecular complexity index is 250. The van der Waals surface area contributed by atoms with E-state index in [0.29, 0.717) is 0 Å². The first kappa shape index (κ1) is 7.55. The summed E-state index contributed by atoms with van der Waals surface area (Å²) in [5, 5.41) is 17.1. The highest BCUT2D eigenvalue weighted by atomic mass is 16.4. The van der Waals surface area contributed by atoms with E-state index in [0.717, 1.165) is 12.7 Å². The molecule has 1 aromatic rings. The summed E-state index contributed by atoms with van der Waals surface area (Å²) in [6.07, 6.45) is 0.571. The molecule has 1 aromatic heterocycles. The molecule has 11 heavy (non-hydrogen) atoms.